The second-order valence-corrected chi connectivity index (χ2v) is 6.72. The SMILES string of the molecule is NNC(=O)c1cc(C2CCCCC2)c(O)c(-n2nc3ccccc3n2)c1. The molecule has 1 aliphatic rings. The van der Waals surface area contributed by atoms with Crippen LogP contribution in [0.25, 0.3) is 16.7 Å². The van der Waals surface area contributed by atoms with Gasteiger partial charge in [0.25, 0.3) is 5.91 Å². The Labute approximate surface area is 150 Å². The van der Waals surface area contributed by atoms with E-state index in [4.69, 9.17) is 5.84 Å². The van der Waals surface area contributed by atoms with E-state index in [1.54, 1.807) is 12.1 Å². The second kappa shape index (κ2) is 6.76. The van der Waals surface area contributed by atoms with E-state index in [1.165, 1.54) is 11.2 Å². The van der Waals surface area contributed by atoms with Crippen molar-refractivity contribution in [1.29, 1.82) is 0 Å². The van der Waals surface area contributed by atoms with Crippen LogP contribution in [0.3, 0.4) is 0 Å². The number of phenols is 1. The van der Waals surface area contributed by atoms with Crippen molar-refractivity contribution < 1.29 is 9.90 Å². The standard InChI is InChI=1S/C19H21N5O2/c20-21-19(26)13-10-14(12-6-2-1-3-7-12)18(25)17(11-13)24-22-15-8-4-5-9-16(15)23-24/h4-5,8-12,25H,1-3,6-7,20H2,(H,21,26). The molecule has 4 N–H and O–H groups in total. The Morgan fingerprint density at radius 3 is 2.38 bits per heavy atom. The first kappa shape index (κ1) is 16.5. The molecule has 2 aromatic carbocycles. The summed E-state index contributed by atoms with van der Waals surface area (Å²) in [6.45, 7) is 0. The second-order valence-electron chi connectivity index (χ2n) is 6.72. The molecule has 0 aliphatic heterocycles. The lowest BCUT2D eigenvalue weighted by Gasteiger charge is -2.24. The van der Waals surface area contributed by atoms with E-state index in [9.17, 15) is 9.90 Å². The molecule has 3 aromatic rings. The van der Waals surface area contributed by atoms with Gasteiger partial charge >= 0.3 is 0 Å². The smallest absolute Gasteiger partial charge is 0.265 e. The topological polar surface area (TPSA) is 106 Å². The highest BCUT2D eigenvalue weighted by molar-refractivity contribution is 5.95. The third-order valence-corrected chi connectivity index (χ3v) is 5.06. The Morgan fingerprint density at radius 2 is 1.77 bits per heavy atom. The minimum atomic E-state index is -0.403. The van der Waals surface area contributed by atoms with Gasteiger partial charge in [-0.3, -0.25) is 10.2 Å². The molecule has 0 saturated heterocycles. The number of nitrogens with two attached hydrogens (primary N) is 1. The Kier molecular flexibility index (Phi) is 4.30. The minimum Gasteiger partial charge on any atom is -0.505 e. The fourth-order valence-electron chi connectivity index (χ4n) is 3.70. The van der Waals surface area contributed by atoms with Crippen molar-refractivity contribution in [3.8, 4) is 11.4 Å². The van der Waals surface area contributed by atoms with Gasteiger partial charge in [-0.25, -0.2) is 5.84 Å². The third-order valence-electron chi connectivity index (χ3n) is 5.06. The molecule has 134 valence electrons. The van der Waals surface area contributed by atoms with Crippen molar-refractivity contribution in [3.63, 3.8) is 0 Å². The van der Waals surface area contributed by atoms with Crippen LogP contribution in [0.1, 0.15) is 53.9 Å². The summed E-state index contributed by atoms with van der Waals surface area (Å²) in [4.78, 5) is 13.5. The predicted octanol–water partition coefficient (Wildman–Crippen LogP) is 2.78. The lowest BCUT2D eigenvalue weighted by molar-refractivity contribution is 0.0953. The van der Waals surface area contributed by atoms with Crippen molar-refractivity contribution in [1.82, 2.24) is 20.4 Å². The van der Waals surface area contributed by atoms with E-state index in [0.29, 0.717) is 11.3 Å². The molecular weight excluding hydrogens is 330 g/mol. The molecule has 0 atom stereocenters. The number of hydrazine groups is 1. The number of carbonyl (C=O) groups excluding carboxylic acids is 1. The number of phenolic OH excluding ortho intramolecular Hbond substituents is 1. The largest absolute Gasteiger partial charge is 0.505 e. The molecule has 4 rings (SSSR count). The van der Waals surface area contributed by atoms with Crippen molar-refractivity contribution in [2.75, 3.05) is 0 Å². The van der Waals surface area contributed by atoms with Crippen LogP contribution < -0.4 is 11.3 Å². The molecule has 7 heteroatoms. The summed E-state index contributed by atoms with van der Waals surface area (Å²) in [6, 6.07) is 10.8. The van der Waals surface area contributed by atoms with Crippen LogP contribution in [-0.2, 0) is 0 Å². The number of nitrogens with zero attached hydrogens (tertiary/aromatic N) is 3. The summed E-state index contributed by atoms with van der Waals surface area (Å²) >= 11 is 0. The molecule has 1 aliphatic carbocycles. The summed E-state index contributed by atoms with van der Waals surface area (Å²) in [5.74, 6) is 5.27. The van der Waals surface area contributed by atoms with Crippen molar-refractivity contribution >= 4 is 16.9 Å². The number of nitrogens with one attached hydrogen (secondary N) is 1. The van der Waals surface area contributed by atoms with Crippen LogP contribution in [0.15, 0.2) is 36.4 Å². The Balaban J connectivity index is 1.87. The van der Waals surface area contributed by atoms with E-state index in [0.717, 1.165) is 42.3 Å². The number of hydrogen-bond donors (Lipinski definition) is 3. The molecular formula is C19H21N5O2. The van der Waals surface area contributed by atoms with E-state index in [1.807, 2.05) is 24.3 Å². The maximum absolute atomic E-state index is 12.1. The van der Waals surface area contributed by atoms with Crippen LogP contribution in [0.4, 0.5) is 0 Å². The highest BCUT2D eigenvalue weighted by atomic mass is 16.3. The fraction of sp³-hybridized carbons (Fsp3) is 0.316. The number of fused-ring (bicyclic) bond motifs is 1. The van der Waals surface area contributed by atoms with Crippen LogP contribution >= 0.6 is 0 Å². The summed E-state index contributed by atoms with van der Waals surface area (Å²) in [7, 11) is 0. The van der Waals surface area contributed by atoms with E-state index >= 15 is 0 Å². The van der Waals surface area contributed by atoms with Crippen LogP contribution in [-0.4, -0.2) is 26.0 Å². The molecule has 0 radical (unpaired) electrons. The summed E-state index contributed by atoms with van der Waals surface area (Å²) in [5.41, 5.74) is 5.16. The molecule has 7 nitrogen and oxygen atoms in total. The van der Waals surface area contributed by atoms with Crippen molar-refractivity contribution in [2.24, 2.45) is 5.84 Å². The number of aromatic hydroxyl groups is 1. The quantitative estimate of drug-likeness (QED) is 0.382. The molecule has 0 unspecified atom stereocenters. The van der Waals surface area contributed by atoms with Crippen molar-refractivity contribution in [3.05, 3.63) is 47.5 Å². The average Bonchev–Trinajstić information content (AvgIpc) is 3.12. The third kappa shape index (κ3) is 2.90. The molecule has 1 aromatic heterocycles. The molecule has 1 amide bonds. The fourth-order valence-corrected chi connectivity index (χ4v) is 3.70. The number of amides is 1. The maximum Gasteiger partial charge on any atom is 0.265 e. The highest BCUT2D eigenvalue weighted by Gasteiger charge is 2.24. The van der Waals surface area contributed by atoms with Gasteiger partial charge in [0.1, 0.15) is 22.5 Å². The lowest BCUT2D eigenvalue weighted by Crippen LogP contribution is -2.30. The molecule has 26 heavy (non-hydrogen) atoms. The van der Waals surface area contributed by atoms with Crippen LogP contribution in [0.5, 0.6) is 5.75 Å². The normalized spacial score (nSPS) is 15.3. The van der Waals surface area contributed by atoms with Gasteiger partial charge in [0.2, 0.25) is 0 Å². The Bertz CT molecular complexity index is 927. The number of benzene rings is 2. The first-order valence-corrected chi connectivity index (χ1v) is 8.87. The number of nitrogen functional groups attached to an aromatic ring is 1. The van der Waals surface area contributed by atoms with Gasteiger partial charge in [-0.05, 0) is 43.0 Å². The van der Waals surface area contributed by atoms with Gasteiger partial charge in [-0.2, -0.15) is 0 Å². The molecule has 0 bridgehead atoms. The highest BCUT2D eigenvalue weighted by Crippen LogP contribution is 2.40. The van der Waals surface area contributed by atoms with Gasteiger partial charge in [-0.15, -0.1) is 15.0 Å². The Morgan fingerprint density at radius 1 is 1.12 bits per heavy atom. The first-order valence-electron chi connectivity index (χ1n) is 8.87. The van der Waals surface area contributed by atoms with E-state index in [2.05, 4.69) is 15.6 Å². The minimum absolute atomic E-state index is 0.130. The molecule has 1 saturated carbocycles. The van der Waals surface area contributed by atoms with Gasteiger partial charge in [0.05, 0.1) is 0 Å². The average molecular weight is 351 g/mol. The monoisotopic (exact) mass is 351 g/mol. The first-order chi connectivity index (χ1) is 12.7. The number of hydrogen-bond acceptors (Lipinski definition) is 5. The van der Waals surface area contributed by atoms with E-state index < -0.39 is 5.91 Å². The van der Waals surface area contributed by atoms with Crippen LogP contribution in [0.2, 0.25) is 0 Å². The van der Waals surface area contributed by atoms with Gasteiger partial charge in [0, 0.05) is 11.1 Å². The Hall–Kier alpha value is -2.93. The number of carbonyl (C=O) groups is 1. The molecule has 1 fully saturated rings. The van der Waals surface area contributed by atoms with E-state index in [-0.39, 0.29) is 11.7 Å². The van der Waals surface area contributed by atoms with Gasteiger partial charge in [0.15, 0.2) is 0 Å². The molecule has 1 heterocycles. The predicted molar refractivity (Wildman–Crippen MR) is 98.0 cm³/mol. The maximum atomic E-state index is 12.1. The zero-order valence-electron chi connectivity index (χ0n) is 14.4. The van der Waals surface area contributed by atoms with Gasteiger partial charge < -0.3 is 5.11 Å². The summed E-state index contributed by atoms with van der Waals surface area (Å²) in [6.07, 6.45) is 5.44. The summed E-state index contributed by atoms with van der Waals surface area (Å²) < 4.78 is 0. The number of aromatic nitrogens is 3. The number of rotatable bonds is 3. The summed E-state index contributed by atoms with van der Waals surface area (Å²) in [5, 5.41) is 19.8. The molecule has 0 spiro atoms. The van der Waals surface area contributed by atoms with Gasteiger partial charge in [-0.1, -0.05) is 31.4 Å². The zero-order chi connectivity index (χ0) is 18.1. The van der Waals surface area contributed by atoms with Crippen LogP contribution in [0, 0.1) is 0 Å². The lowest BCUT2D eigenvalue weighted by atomic mass is 9.83. The van der Waals surface area contributed by atoms with Crippen molar-refractivity contribution in [2.45, 2.75) is 38.0 Å². The zero-order valence-corrected chi connectivity index (χ0v) is 14.4.